The SMILES string of the molecule is CCCNc1ccnc(C(=O)Nc2cccc(OC)c2)c1. The summed E-state index contributed by atoms with van der Waals surface area (Å²) in [5.41, 5.74) is 1.94. The molecular formula is C16H19N3O2. The van der Waals surface area contributed by atoms with Crippen LogP contribution in [0.5, 0.6) is 5.75 Å². The van der Waals surface area contributed by atoms with E-state index in [1.54, 1.807) is 31.5 Å². The molecule has 110 valence electrons. The van der Waals surface area contributed by atoms with Gasteiger partial charge < -0.3 is 15.4 Å². The van der Waals surface area contributed by atoms with Crippen molar-refractivity contribution in [1.82, 2.24) is 4.98 Å². The Kier molecular flexibility index (Phi) is 5.15. The highest BCUT2D eigenvalue weighted by atomic mass is 16.5. The largest absolute Gasteiger partial charge is 0.497 e. The molecule has 21 heavy (non-hydrogen) atoms. The zero-order valence-electron chi connectivity index (χ0n) is 12.2. The lowest BCUT2D eigenvalue weighted by Gasteiger charge is -2.08. The van der Waals surface area contributed by atoms with E-state index in [2.05, 4.69) is 22.5 Å². The number of benzene rings is 1. The molecule has 0 bridgehead atoms. The molecule has 1 aromatic carbocycles. The van der Waals surface area contributed by atoms with E-state index in [-0.39, 0.29) is 5.91 Å². The molecule has 5 nitrogen and oxygen atoms in total. The number of nitrogens with one attached hydrogen (secondary N) is 2. The summed E-state index contributed by atoms with van der Waals surface area (Å²) < 4.78 is 5.13. The number of ether oxygens (including phenoxy) is 1. The Morgan fingerprint density at radius 2 is 2.10 bits per heavy atom. The number of nitrogens with zero attached hydrogens (tertiary/aromatic N) is 1. The summed E-state index contributed by atoms with van der Waals surface area (Å²) in [6.07, 6.45) is 2.64. The van der Waals surface area contributed by atoms with Gasteiger partial charge in [0.25, 0.3) is 5.91 Å². The summed E-state index contributed by atoms with van der Waals surface area (Å²) in [6, 6.07) is 10.8. The number of amides is 1. The molecule has 0 spiro atoms. The molecule has 2 aromatic rings. The van der Waals surface area contributed by atoms with Gasteiger partial charge in [0.15, 0.2) is 0 Å². The van der Waals surface area contributed by atoms with E-state index >= 15 is 0 Å². The third-order valence-corrected chi connectivity index (χ3v) is 2.90. The lowest BCUT2D eigenvalue weighted by molar-refractivity contribution is 0.102. The molecule has 1 aromatic heterocycles. The summed E-state index contributed by atoms with van der Waals surface area (Å²) in [5, 5.41) is 6.04. The Morgan fingerprint density at radius 1 is 1.24 bits per heavy atom. The van der Waals surface area contributed by atoms with Gasteiger partial charge in [0.1, 0.15) is 11.4 Å². The molecule has 0 radical (unpaired) electrons. The van der Waals surface area contributed by atoms with Crippen LogP contribution in [0.3, 0.4) is 0 Å². The average molecular weight is 285 g/mol. The van der Waals surface area contributed by atoms with Gasteiger partial charge in [-0.05, 0) is 30.7 Å². The maximum Gasteiger partial charge on any atom is 0.274 e. The van der Waals surface area contributed by atoms with E-state index in [0.29, 0.717) is 17.1 Å². The van der Waals surface area contributed by atoms with Gasteiger partial charge in [-0.3, -0.25) is 9.78 Å². The van der Waals surface area contributed by atoms with Crippen LogP contribution < -0.4 is 15.4 Å². The third kappa shape index (κ3) is 4.21. The molecule has 0 aliphatic rings. The van der Waals surface area contributed by atoms with Gasteiger partial charge in [0.05, 0.1) is 7.11 Å². The van der Waals surface area contributed by atoms with Crippen LogP contribution in [0.2, 0.25) is 0 Å². The van der Waals surface area contributed by atoms with Gasteiger partial charge in [-0.15, -0.1) is 0 Å². The second kappa shape index (κ2) is 7.28. The van der Waals surface area contributed by atoms with Crippen molar-refractivity contribution in [2.75, 3.05) is 24.3 Å². The molecule has 2 rings (SSSR count). The maximum atomic E-state index is 12.2. The second-order valence-corrected chi connectivity index (χ2v) is 4.54. The molecule has 0 saturated carbocycles. The highest BCUT2D eigenvalue weighted by Crippen LogP contribution is 2.17. The molecule has 0 atom stereocenters. The lowest BCUT2D eigenvalue weighted by Crippen LogP contribution is -2.14. The number of methoxy groups -OCH3 is 1. The van der Waals surface area contributed by atoms with Crippen LogP contribution in [0, 0.1) is 0 Å². The van der Waals surface area contributed by atoms with E-state index in [0.717, 1.165) is 18.7 Å². The van der Waals surface area contributed by atoms with Crippen LogP contribution in [0.4, 0.5) is 11.4 Å². The number of pyridine rings is 1. The molecule has 1 heterocycles. The Labute approximate surface area is 124 Å². The smallest absolute Gasteiger partial charge is 0.274 e. The number of hydrogen-bond acceptors (Lipinski definition) is 4. The fraction of sp³-hybridized carbons (Fsp3) is 0.250. The lowest BCUT2D eigenvalue weighted by atomic mass is 10.2. The predicted molar refractivity (Wildman–Crippen MR) is 84.0 cm³/mol. The molecule has 0 saturated heterocycles. The standard InChI is InChI=1S/C16H19N3O2/c1-3-8-17-12-7-9-18-15(11-12)16(20)19-13-5-4-6-14(10-13)21-2/h4-7,9-11H,3,8H2,1-2H3,(H,17,18)(H,19,20). The van der Waals surface area contributed by atoms with E-state index in [4.69, 9.17) is 4.74 Å². The first-order chi connectivity index (χ1) is 10.2. The Balaban J connectivity index is 2.08. The van der Waals surface area contributed by atoms with Crippen molar-refractivity contribution in [2.24, 2.45) is 0 Å². The average Bonchev–Trinajstić information content (AvgIpc) is 2.53. The van der Waals surface area contributed by atoms with Crippen molar-refractivity contribution in [2.45, 2.75) is 13.3 Å². The molecular weight excluding hydrogens is 266 g/mol. The van der Waals surface area contributed by atoms with E-state index in [1.165, 1.54) is 0 Å². The van der Waals surface area contributed by atoms with Crippen LogP contribution in [-0.2, 0) is 0 Å². The van der Waals surface area contributed by atoms with E-state index in [1.807, 2.05) is 18.2 Å². The first kappa shape index (κ1) is 14.8. The number of rotatable bonds is 6. The van der Waals surface area contributed by atoms with Crippen molar-refractivity contribution >= 4 is 17.3 Å². The minimum absolute atomic E-state index is 0.247. The van der Waals surface area contributed by atoms with E-state index < -0.39 is 0 Å². The molecule has 0 aliphatic heterocycles. The fourth-order valence-corrected chi connectivity index (χ4v) is 1.83. The first-order valence-electron chi connectivity index (χ1n) is 6.88. The van der Waals surface area contributed by atoms with Crippen LogP contribution in [0.1, 0.15) is 23.8 Å². The summed E-state index contributed by atoms with van der Waals surface area (Å²) in [4.78, 5) is 16.3. The minimum atomic E-state index is -0.247. The van der Waals surface area contributed by atoms with Gasteiger partial charge in [0, 0.05) is 30.2 Å². The van der Waals surface area contributed by atoms with Gasteiger partial charge >= 0.3 is 0 Å². The zero-order valence-corrected chi connectivity index (χ0v) is 12.2. The van der Waals surface area contributed by atoms with E-state index in [9.17, 15) is 4.79 Å². The number of hydrogen-bond donors (Lipinski definition) is 2. The predicted octanol–water partition coefficient (Wildman–Crippen LogP) is 3.16. The van der Waals surface area contributed by atoms with Crippen LogP contribution in [0.25, 0.3) is 0 Å². The number of carbonyl (C=O) groups excluding carboxylic acids is 1. The molecule has 2 N–H and O–H groups in total. The third-order valence-electron chi connectivity index (χ3n) is 2.90. The van der Waals surface area contributed by atoms with Crippen molar-refractivity contribution in [3.63, 3.8) is 0 Å². The van der Waals surface area contributed by atoms with Crippen molar-refractivity contribution in [1.29, 1.82) is 0 Å². The number of carbonyl (C=O) groups is 1. The van der Waals surface area contributed by atoms with Crippen LogP contribution in [-0.4, -0.2) is 24.5 Å². The van der Waals surface area contributed by atoms with Crippen molar-refractivity contribution in [3.05, 3.63) is 48.3 Å². The van der Waals surface area contributed by atoms with Crippen molar-refractivity contribution in [3.8, 4) is 5.75 Å². The number of anilines is 2. The van der Waals surface area contributed by atoms with Crippen molar-refractivity contribution < 1.29 is 9.53 Å². The summed E-state index contributed by atoms with van der Waals surface area (Å²) in [6.45, 7) is 2.95. The first-order valence-corrected chi connectivity index (χ1v) is 6.88. The Morgan fingerprint density at radius 3 is 2.86 bits per heavy atom. The van der Waals surface area contributed by atoms with Gasteiger partial charge in [-0.25, -0.2) is 0 Å². The molecule has 0 fully saturated rings. The number of aromatic nitrogens is 1. The Hall–Kier alpha value is -2.56. The highest BCUT2D eigenvalue weighted by Gasteiger charge is 2.08. The molecule has 1 amide bonds. The van der Waals surface area contributed by atoms with Crippen LogP contribution >= 0.6 is 0 Å². The summed E-state index contributed by atoms with van der Waals surface area (Å²) in [5.74, 6) is 0.447. The maximum absolute atomic E-state index is 12.2. The summed E-state index contributed by atoms with van der Waals surface area (Å²) in [7, 11) is 1.59. The summed E-state index contributed by atoms with van der Waals surface area (Å²) >= 11 is 0. The van der Waals surface area contributed by atoms with Gasteiger partial charge in [-0.1, -0.05) is 13.0 Å². The molecule has 5 heteroatoms. The second-order valence-electron chi connectivity index (χ2n) is 4.54. The monoisotopic (exact) mass is 285 g/mol. The topological polar surface area (TPSA) is 63.2 Å². The minimum Gasteiger partial charge on any atom is -0.497 e. The highest BCUT2D eigenvalue weighted by molar-refractivity contribution is 6.03. The van der Waals surface area contributed by atoms with Gasteiger partial charge in [0.2, 0.25) is 0 Å². The molecule has 0 aliphatic carbocycles. The quantitative estimate of drug-likeness (QED) is 0.855. The Bertz CT molecular complexity index is 614. The fourth-order valence-electron chi connectivity index (χ4n) is 1.83. The van der Waals surface area contributed by atoms with Crippen LogP contribution in [0.15, 0.2) is 42.6 Å². The normalized spacial score (nSPS) is 10.0. The molecule has 0 unspecified atom stereocenters. The van der Waals surface area contributed by atoms with Gasteiger partial charge in [-0.2, -0.15) is 0 Å². The zero-order chi connectivity index (χ0) is 15.1.